The lowest BCUT2D eigenvalue weighted by Gasteiger charge is -1.96. The molecule has 2 rings (SSSR count). The van der Waals surface area contributed by atoms with E-state index < -0.39 is 0 Å². The van der Waals surface area contributed by atoms with Gasteiger partial charge in [-0.3, -0.25) is 0 Å². The summed E-state index contributed by atoms with van der Waals surface area (Å²) in [5.74, 6) is 0. The summed E-state index contributed by atoms with van der Waals surface area (Å²) < 4.78 is 4.39. The van der Waals surface area contributed by atoms with E-state index in [1.807, 2.05) is 6.07 Å². The molecule has 0 aliphatic rings. The number of aromatic nitrogens is 1. The van der Waals surface area contributed by atoms with Crippen molar-refractivity contribution in [2.75, 3.05) is 0 Å². The molecule has 1 heterocycles. The van der Waals surface area contributed by atoms with Crippen molar-refractivity contribution in [3.8, 4) is 10.9 Å². The van der Waals surface area contributed by atoms with E-state index in [2.05, 4.69) is 35.9 Å². The summed E-state index contributed by atoms with van der Waals surface area (Å²) in [6, 6.07) is 10.5. The van der Waals surface area contributed by atoms with E-state index >= 15 is 0 Å². The quantitative estimate of drug-likeness (QED) is 0.673. The molecule has 0 aliphatic carbocycles. The SMILES string of the molecule is Cc1n[pH]pc1-c1ccccc1. The minimum Gasteiger partial charge on any atom is -0.240 e. The van der Waals surface area contributed by atoms with Crippen molar-refractivity contribution in [2.45, 2.75) is 6.92 Å². The van der Waals surface area contributed by atoms with Crippen LogP contribution in [0, 0.1) is 6.92 Å². The fraction of sp³-hybridized carbons (Fsp3) is 0.111. The Morgan fingerprint density at radius 2 is 2.00 bits per heavy atom. The Kier molecular flexibility index (Phi) is 2.26. The van der Waals surface area contributed by atoms with Gasteiger partial charge < -0.3 is 0 Å². The largest absolute Gasteiger partial charge is 0.240 e. The third-order valence-corrected chi connectivity index (χ3v) is 4.38. The van der Waals surface area contributed by atoms with Crippen LogP contribution in [0.3, 0.4) is 0 Å². The number of hydrogen-bond acceptors (Lipinski definition) is 1. The maximum absolute atomic E-state index is 4.39. The Hall–Kier alpha value is -0.640. The molecule has 0 bridgehead atoms. The van der Waals surface area contributed by atoms with Gasteiger partial charge in [0.25, 0.3) is 0 Å². The zero-order chi connectivity index (χ0) is 8.39. The normalized spacial score (nSPS) is 11.4. The molecular weight excluding hydrogens is 184 g/mol. The average Bonchev–Trinajstić information content (AvgIpc) is 2.53. The van der Waals surface area contributed by atoms with E-state index in [0.29, 0.717) is 0 Å². The molecule has 0 amide bonds. The first kappa shape index (κ1) is 7.98. The summed E-state index contributed by atoms with van der Waals surface area (Å²) in [7, 11) is 2.09. The van der Waals surface area contributed by atoms with Crippen LogP contribution >= 0.6 is 15.9 Å². The van der Waals surface area contributed by atoms with Gasteiger partial charge in [-0.2, -0.15) is 0 Å². The average molecular weight is 193 g/mol. The molecule has 1 atom stereocenters. The maximum atomic E-state index is 4.39. The molecule has 0 spiro atoms. The number of benzene rings is 1. The number of aryl methyl sites for hydroxylation is 1. The molecule has 3 heteroatoms. The third-order valence-electron chi connectivity index (χ3n) is 1.77. The third kappa shape index (κ3) is 1.43. The molecule has 0 N–H and O–H groups in total. The Morgan fingerprint density at radius 1 is 1.25 bits per heavy atom. The van der Waals surface area contributed by atoms with E-state index in [1.54, 1.807) is 0 Å². The molecule has 60 valence electrons. The zero-order valence-corrected chi connectivity index (χ0v) is 8.68. The molecule has 12 heavy (non-hydrogen) atoms. The van der Waals surface area contributed by atoms with Gasteiger partial charge in [0.15, 0.2) is 0 Å². The van der Waals surface area contributed by atoms with Gasteiger partial charge in [0, 0.05) is 5.30 Å². The number of rotatable bonds is 1. The van der Waals surface area contributed by atoms with Crippen LogP contribution in [0.5, 0.6) is 0 Å². The van der Waals surface area contributed by atoms with Gasteiger partial charge in [-0.25, -0.2) is 4.75 Å². The summed E-state index contributed by atoms with van der Waals surface area (Å²) >= 11 is 0. The van der Waals surface area contributed by atoms with Crippen molar-refractivity contribution in [3.63, 3.8) is 0 Å². The van der Waals surface area contributed by atoms with Gasteiger partial charge in [-0.05, 0) is 28.4 Å². The summed E-state index contributed by atoms with van der Waals surface area (Å²) in [6.07, 6.45) is 0. The molecule has 0 aliphatic heterocycles. The Bertz CT molecular complexity index is 367. The highest BCUT2D eigenvalue weighted by atomic mass is 31.8. The lowest BCUT2D eigenvalue weighted by Crippen LogP contribution is -1.74. The van der Waals surface area contributed by atoms with Crippen LogP contribution in [0.25, 0.3) is 10.9 Å². The van der Waals surface area contributed by atoms with Crippen LogP contribution in [0.15, 0.2) is 30.3 Å². The second-order valence-corrected chi connectivity index (χ2v) is 4.99. The molecular formula is C9H9NP2. The van der Waals surface area contributed by atoms with Crippen LogP contribution in [-0.4, -0.2) is 4.75 Å². The van der Waals surface area contributed by atoms with E-state index in [9.17, 15) is 0 Å². The summed E-state index contributed by atoms with van der Waals surface area (Å²) in [5, 5.41) is 1.40. The van der Waals surface area contributed by atoms with Crippen LogP contribution in [-0.2, 0) is 0 Å². The molecule has 1 aromatic carbocycles. The van der Waals surface area contributed by atoms with Crippen LogP contribution < -0.4 is 0 Å². The first-order valence-corrected chi connectivity index (χ1v) is 6.49. The second kappa shape index (κ2) is 3.39. The number of nitrogens with zero attached hydrogens (tertiary/aromatic N) is 1. The molecule has 0 saturated heterocycles. The lowest BCUT2D eigenvalue weighted by molar-refractivity contribution is 1.35. The monoisotopic (exact) mass is 193 g/mol. The van der Waals surface area contributed by atoms with Crippen molar-refractivity contribution < 1.29 is 0 Å². The maximum Gasteiger partial charge on any atom is 0.0542 e. The smallest absolute Gasteiger partial charge is 0.0542 e. The van der Waals surface area contributed by atoms with Crippen molar-refractivity contribution in [2.24, 2.45) is 0 Å². The van der Waals surface area contributed by atoms with Crippen LogP contribution in [0.4, 0.5) is 0 Å². The predicted molar refractivity (Wildman–Crippen MR) is 56.4 cm³/mol. The van der Waals surface area contributed by atoms with Crippen LogP contribution in [0.1, 0.15) is 5.69 Å². The first-order valence-electron chi connectivity index (χ1n) is 3.81. The standard InChI is InChI=1S/C9H9NP2/c1-7-9(11-12-10-7)8-5-3-2-4-6-8/h2-6,12H,1H3. The first-order chi connectivity index (χ1) is 5.88. The summed E-state index contributed by atoms with van der Waals surface area (Å²) in [6.45, 7) is 2.09. The van der Waals surface area contributed by atoms with Gasteiger partial charge in [-0.1, -0.05) is 30.3 Å². The van der Waals surface area contributed by atoms with E-state index in [4.69, 9.17) is 0 Å². The highest BCUT2D eigenvalue weighted by molar-refractivity contribution is 7.90. The van der Waals surface area contributed by atoms with Gasteiger partial charge in [-0.15, -0.1) is 0 Å². The molecule has 0 fully saturated rings. The van der Waals surface area contributed by atoms with E-state index in [0.717, 1.165) is 8.03 Å². The van der Waals surface area contributed by atoms with Gasteiger partial charge in [0.1, 0.15) is 0 Å². The minimum atomic E-state index is 0.718. The topological polar surface area (TPSA) is 12.9 Å². The fourth-order valence-corrected chi connectivity index (χ4v) is 3.92. The number of hydrogen-bond donors (Lipinski definition) is 0. The predicted octanol–water partition coefficient (Wildman–Crippen LogP) is 3.67. The van der Waals surface area contributed by atoms with Crippen LogP contribution in [0.2, 0.25) is 0 Å². The zero-order valence-electron chi connectivity index (χ0n) is 6.78. The highest BCUT2D eigenvalue weighted by Crippen LogP contribution is 2.36. The highest BCUT2D eigenvalue weighted by Gasteiger charge is 2.01. The minimum absolute atomic E-state index is 0.718. The summed E-state index contributed by atoms with van der Waals surface area (Å²) in [4.78, 5) is 0. The second-order valence-electron chi connectivity index (χ2n) is 2.62. The van der Waals surface area contributed by atoms with Gasteiger partial charge in [0.2, 0.25) is 0 Å². The Labute approximate surface area is 75.0 Å². The molecule has 1 nitrogen and oxygen atoms in total. The van der Waals surface area contributed by atoms with Gasteiger partial charge >= 0.3 is 0 Å². The van der Waals surface area contributed by atoms with Crippen molar-refractivity contribution in [1.82, 2.24) is 4.75 Å². The van der Waals surface area contributed by atoms with E-state index in [-0.39, 0.29) is 0 Å². The Morgan fingerprint density at radius 3 is 2.58 bits per heavy atom. The lowest BCUT2D eigenvalue weighted by atomic mass is 10.2. The van der Waals surface area contributed by atoms with Gasteiger partial charge in [0.05, 0.1) is 5.69 Å². The van der Waals surface area contributed by atoms with Crippen molar-refractivity contribution >= 4 is 15.9 Å². The summed E-state index contributed by atoms with van der Waals surface area (Å²) in [5.41, 5.74) is 2.53. The van der Waals surface area contributed by atoms with Crippen molar-refractivity contribution in [3.05, 3.63) is 36.0 Å². The molecule has 1 aromatic heterocycles. The fourth-order valence-electron chi connectivity index (χ4n) is 1.15. The molecule has 2 aromatic rings. The molecule has 1 unspecified atom stereocenters. The Balaban J connectivity index is 2.51. The molecule has 0 saturated carbocycles. The molecule has 0 radical (unpaired) electrons. The van der Waals surface area contributed by atoms with E-state index in [1.165, 1.54) is 24.4 Å². The van der Waals surface area contributed by atoms with Crippen molar-refractivity contribution in [1.29, 1.82) is 0 Å².